The molecule has 4 rings (SSSR count). The largest absolute Gasteiger partial charge is 0.355 e. The van der Waals surface area contributed by atoms with Crippen LogP contribution in [0, 0.1) is 0 Å². The van der Waals surface area contributed by atoms with Crippen molar-refractivity contribution in [2.45, 2.75) is 38.5 Å². The number of aliphatic imine (C=N–C) groups is 1. The molecule has 1 atom stereocenters. The van der Waals surface area contributed by atoms with E-state index < -0.39 is 0 Å². The van der Waals surface area contributed by atoms with Crippen molar-refractivity contribution in [1.82, 2.24) is 25.3 Å². The lowest BCUT2D eigenvalue weighted by Gasteiger charge is -2.25. The number of likely N-dealkylation sites (tertiary alicyclic amines) is 1. The summed E-state index contributed by atoms with van der Waals surface area (Å²) in [6, 6.07) is 21.7. The van der Waals surface area contributed by atoms with Crippen LogP contribution in [0.3, 0.4) is 0 Å². The predicted octanol–water partition coefficient (Wildman–Crippen LogP) is 3.26. The maximum Gasteiger partial charge on any atom is 0.191 e. The fraction of sp³-hybridized carbons (Fsp3) is 0.360. The topological polar surface area (TPSA) is 57.5 Å². The Bertz CT molecular complexity index is 951. The Kier molecular flexibility index (Phi) is 7.34. The molecule has 0 bridgehead atoms. The van der Waals surface area contributed by atoms with Crippen molar-refractivity contribution in [3.05, 3.63) is 89.7 Å². The highest BCUT2D eigenvalue weighted by atomic mass is 15.3. The predicted molar refractivity (Wildman–Crippen MR) is 126 cm³/mol. The summed E-state index contributed by atoms with van der Waals surface area (Å²) in [4.78, 5) is 7.02. The molecule has 1 fully saturated rings. The van der Waals surface area contributed by atoms with E-state index in [9.17, 15) is 0 Å². The Morgan fingerprint density at radius 3 is 2.58 bits per heavy atom. The number of nitrogens with zero attached hydrogens (tertiary/aromatic N) is 4. The standard InChI is InChI=1S/C25H32N6/c1-26-25(27-17-22-11-5-6-12-23(22)20-31-16-8-14-29-31)28-18-24-13-7-15-30(24)19-21-9-3-2-4-10-21/h2-6,8-12,14,16,24H,7,13,15,17-20H2,1H3,(H2,26,27,28). The third kappa shape index (κ3) is 5.95. The summed E-state index contributed by atoms with van der Waals surface area (Å²) in [5.74, 6) is 0.848. The average Bonchev–Trinajstić information content (AvgIpc) is 3.48. The molecule has 0 amide bonds. The van der Waals surface area contributed by atoms with Gasteiger partial charge in [0.05, 0.1) is 6.54 Å². The molecule has 0 saturated carbocycles. The lowest BCUT2D eigenvalue weighted by Crippen LogP contribution is -2.44. The monoisotopic (exact) mass is 416 g/mol. The molecule has 2 N–H and O–H groups in total. The lowest BCUT2D eigenvalue weighted by molar-refractivity contribution is 0.245. The molecular weight excluding hydrogens is 384 g/mol. The Morgan fingerprint density at radius 1 is 1.00 bits per heavy atom. The van der Waals surface area contributed by atoms with E-state index in [0.29, 0.717) is 6.04 Å². The highest BCUT2D eigenvalue weighted by Gasteiger charge is 2.24. The van der Waals surface area contributed by atoms with Gasteiger partial charge in [0.2, 0.25) is 0 Å². The number of guanidine groups is 1. The maximum absolute atomic E-state index is 4.44. The van der Waals surface area contributed by atoms with Gasteiger partial charge in [0.1, 0.15) is 0 Å². The summed E-state index contributed by atoms with van der Waals surface area (Å²) in [6.45, 7) is 4.58. The second-order valence-electron chi connectivity index (χ2n) is 8.03. The van der Waals surface area contributed by atoms with Gasteiger partial charge in [0.25, 0.3) is 0 Å². The zero-order valence-electron chi connectivity index (χ0n) is 18.2. The van der Waals surface area contributed by atoms with E-state index in [1.54, 1.807) is 0 Å². The fourth-order valence-corrected chi connectivity index (χ4v) is 4.22. The van der Waals surface area contributed by atoms with E-state index in [0.717, 1.165) is 38.7 Å². The van der Waals surface area contributed by atoms with E-state index in [1.807, 2.05) is 30.2 Å². The maximum atomic E-state index is 4.44. The van der Waals surface area contributed by atoms with E-state index in [4.69, 9.17) is 0 Å². The number of benzene rings is 2. The van der Waals surface area contributed by atoms with Crippen molar-refractivity contribution < 1.29 is 0 Å². The van der Waals surface area contributed by atoms with Crippen LogP contribution < -0.4 is 10.6 Å². The summed E-state index contributed by atoms with van der Waals surface area (Å²) < 4.78 is 1.95. The van der Waals surface area contributed by atoms with Crippen LogP contribution in [0.1, 0.15) is 29.5 Å². The molecule has 162 valence electrons. The van der Waals surface area contributed by atoms with E-state index in [1.165, 1.54) is 29.5 Å². The zero-order valence-corrected chi connectivity index (χ0v) is 18.2. The van der Waals surface area contributed by atoms with Gasteiger partial charge in [-0.3, -0.25) is 14.6 Å². The van der Waals surface area contributed by atoms with Crippen LogP contribution in [-0.4, -0.2) is 46.8 Å². The third-order valence-electron chi connectivity index (χ3n) is 5.91. The van der Waals surface area contributed by atoms with Crippen LogP contribution in [0.25, 0.3) is 0 Å². The minimum atomic E-state index is 0.533. The molecule has 0 radical (unpaired) electrons. The highest BCUT2D eigenvalue weighted by Crippen LogP contribution is 2.19. The van der Waals surface area contributed by atoms with Gasteiger partial charge in [-0.25, -0.2) is 0 Å². The molecule has 2 aromatic carbocycles. The van der Waals surface area contributed by atoms with Gasteiger partial charge in [-0.05, 0) is 42.1 Å². The van der Waals surface area contributed by atoms with Gasteiger partial charge in [0.15, 0.2) is 5.96 Å². The summed E-state index contributed by atoms with van der Waals surface area (Å²) in [6.07, 6.45) is 6.29. The van der Waals surface area contributed by atoms with Gasteiger partial charge < -0.3 is 10.6 Å². The molecule has 31 heavy (non-hydrogen) atoms. The van der Waals surface area contributed by atoms with Crippen molar-refractivity contribution in [3.63, 3.8) is 0 Å². The normalized spacial score (nSPS) is 17.1. The first-order valence-electron chi connectivity index (χ1n) is 11.1. The Hall–Kier alpha value is -3.12. The van der Waals surface area contributed by atoms with Gasteiger partial charge >= 0.3 is 0 Å². The first-order valence-corrected chi connectivity index (χ1v) is 11.1. The molecule has 1 aromatic heterocycles. The summed E-state index contributed by atoms with van der Waals surface area (Å²) in [5, 5.41) is 11.4. The molecule has 1 saturated heterocycles. The van der Waals surface area contributed by atoms with E-state index in [-0.39, 0.29) is 0 Å². The van der Waals surface area contributed by atoms with Crippen molar-refractivity contribution in [3.8, 4) is 0 Å². The molecule has 6 heteroatoms. The molecule has 0 spiro atoms. The SMILES string of the molecule is CN=C(NCc1ccccc1Cn1cccn1)NCC1CCCN1Cc1ccccc1. The molecule has 2 heterocycles. The summed E-state index contributed by atoms with van der Waals surface area (Å²) >= 11 is 0. The van der Waals surface area contributed by atoms with Crippen LogP contribution in [0.2, 0.25) is 0 Å². The van der Waals surface area contributed by atoms with Crippen molar-refractivity contribution in [1.29, 1.82) is 0 Å². The second-order valence-corrected chi connectivity index (χ2v) is 8.03. The van der Waals surface area contributed by atoms with Gasteiger partial charge in [-0.15, -0.1) is 0 Å². The minimum absolute atomic E-state index is 0.533. The van der Waals surface area contributed by atoms with Gasteiger partial charge in [-0.1, -0.05) is 54.6 Å². The first kappa shape index (κ1) is 21.1. The van der Waals surface area contributed by atoms with Crippen LogP contribution in [0.4, 0.5) is 0 Å². The highest BCUT2D eigenvalue weighted by molar-refractivity contribution is 5.79. The molecule has 1 unspecified atom stereocenters. The van der Waals surface area contributed by atoms with Gasteiger partial charge in [0, 0.05) is 45.1 Å². The van der Waals surface area contributed by atoms with Crippen molar-refractivity contribution in [2.75, 3.05) is 20.1 Å². The van der Waals surface area contributed by atoms with Crippen molar-refractivity contribution in [2.24, 2.45) is 4.99 Å². The number of nitrogens with one attached hydrogen (secondary N) is 2. The molecule has 3 aromatic rings. The van der Waals surface area contributed by atoms with Gasteiger partial charge in [-0.2, -0.15) is 5.10 Å². The molecule has 0 aliphatic carbocycles. The number of aromatic nitrogens is 2. The molecule has 6 nitrogen and oxygen atoms in total. The quantitative estimate of drug-likeness (QED) is 0.437. The van der Waals surface area contributed by atoms with Crippen LogP contribution in [0.5, 0.6) is 0 Å². The Labute approximate surface area is 185 Å². The fourth-order valence-electron chi connectivity index (χ4n) is 4.22. The number of rotatable bonds is 8. The smallest absolute Gasteiger partial charge is 0.191 e. The number of hydrogen-bond acceptors (Lipinski definition) is 3. The molecule has 1 aliphatic rings. The zero-order chi connectivity index (χ0) is 21.3. The van der Waals surface area contributed by atoms with E-state index in [2.05, 4.69) is 80.2 Å². The Morgan fingerprint density at radius 2 is 1.81 bits per heavy atom. The minimum Gasteiger partial charge on any atom is -0.355 e. The molecule has 1 aliphatic heterocycles. The Balaban J connectivity index is 1.29. The molecular formula is C25H32N6. The van der Waals surface area contributed by atoms with E-state index >= 15 is 0 Å². The average molecular weight is 417 g/mol. The van der Waals surface area contributed by atoms with Crippen LogP contribution in [0.15, 0.2) is 78.0 Å². The summed E-state index contributed by atoms with van der Waals surface area (Å²) in [7, 11) is 1.83. The third-order valence-corrected chi connectivity index (χ3v) is 5.91. The van der Waals surface area contributed by atoms with Crippen molar-refractivity contribution >= 4 is 5.96 Å². The summed E-state index contributed by atoms with van der Waals surface area (Å²) in [5.41, 5.74) is 3.90. The van der Waals surface area contributed by atoms with Crippen LogP contribution in [-0.2, 0) is 19.6 Å². The first-order chi connectivity index (χ1) is 15.3. The lowest BCUT2D eigenvalue weighted by atomic mass is 10.1. The second kappa shape index (κ2) is 10.8. The van der Waals surface area contributed by atoms with Crippen LogP contribution >= 0.6 is 0 Å². The number of hydrogen-bond donors (Lipinski definition) is 2.